The molecule has 0 saturated carbocycles. The zero-order valence-electron chi connectivity index (χ0n) is 17.5. The molecule has 8 nitrogen and oxygen atoms in total. The molecule has 160 valence electrons. The van der Waals surface area contributed by atoms with E-state index in [1.54, 1.807) is 18.3 Å². The Bertz CT molecular complexity index is 1090. The van der Waals surface area contributed by atoms with Crippen LogP contribution in [-0.4, -0.2) is 45.5 Å². The maximum Gasteiger partial charge on any atom is 0.319 e. The minimum Gasteiger partial charge on any atom is -0.493 e. The number of benzene rings is 2. The molecule has 0 aliphatic heterocycles. The summed E-state index contributed by atoms with van der Waals surface area (Å²) < 4.78 is 21.5. The first-order valence-electron chi connectivity index (χ1n) is 9.43. The first-order chi connectivity index (χ1) is 15.2. The maximum absolute atomic E-state index is 12.1. The largest absolute Gasteiger partial charge is 0.493 e. The van der Waals surface area contributed by atoms with Crippen molar-refractivity contribution in [2.45, 2.75) is 0 Å². The highest BCUT2D eigenvalue weighted by molar-refractivity contribution is 5.90. The maximum atomic E-state index is 12.1. The number of hydrogen-bond acceptors (Lipinski definition) is 6. The van der Waals surface area contributed by atoms with E-state index in [1.807, 2.05) is 30.3 Å². The van der Waals surface area contributed by atoms with E-state index in [4.69, 9.17) is 18.9 Å². The number of nitrogens with one attached hydrogen (secondary N) is 2. The summed E-state index contributed by atoms with van der Waals surface area (Å²) in [5, 5.41) is 6.36. The highest BCUT2D eigenvalue weighted by atomic mass is 16.5. The Kier molecular flexibility index (Phi) is 7.38. The van der Waals surface area contributed by atoms with Crippen LogP contribution in [0.25, 0.3) is 10.9 Å². The van der Waals surface area contributed by atoms with Gasteiger partial charge in [-0.2, -0.15) is 0 Å². The average molecular weight is 421 g/mol. The minimum absolute atomic E-state index is 0.160. The molecular weight excluding hydrogens is 398 g/mol. The summed E-state index contributed by atoms with van der Waals surface area (Å²) in [6.07, 6.45) is 1.72. The van der Waals surface area contributed by atoms with Crippen molar-refractivity contribution in [3.05, 3.63) is 48.7 Å². The number of para-hydroxylation sites is 1. The zero-order valence-corrected chi connectivity index (χ0v) is 17.5. The number of nitrogens with zero attached hydrogens (tertiary/aromatic N) is 1. The monoisotopic (exact) mass is 421 g/mol. The van der Waals surface area contributed by atoms with Crippen molar-refractivity contribution in [3.8, 4) is 34.8 Å². The third-order valence-corrected chi connectivity index (χ3v) is 4.28. The van der Waals surface area contributed by atoms with E-state index in [0.29, 0.717) is 28.7 Å². The van der Waals surface area contributed by atoms with Crippen molar-refractivity contribution in [1.29, 1.82) is 0 Å². The van der Waals surface area contributed by atoms with Crippen LogP contribution in [0.5, 0.6) is 23.0 Å². The van der Waals surface area contributed by atoms with Gasteiger partial charge < -0.3 is 29.6 Å². The Hall–Kier alpha value is -4.12. The Morgan fingerprint density at radius 3 is 2.42 bits per heavy atom. The van der Waals surface area contributed by atoms with E-state index >= 15 is 0 Å². The van der Waals surface area contributed by atoms with E-state index < -0.39 is 6.03 Å². The lowest BCUT2D eigenvalue weighted by atomic mass is 10.2. The lowest BCUT2D eigenvalue weighted by Crippen LogP contribution is -2.29. The van der Waals surface area contributed by atoms with Gasteiger partial charge in [-0.1, -0.05) is 30.0 Å². The summed E-state index contributed by atoms with van der Waals surface area (Å²) in [4.78, 5) is 16.5. The number of pyridine rings is 1. The molecule has 0 aliphatic rings. The lowest BCUT2D eigenvalue weighted by molar-refractivity contribution is 0.253. The Balaban J connectivity index is 1.50. The van der Waals surface area contributed by atoms with E-state index in [-0.39, 0.29) is 13.2 Å². The number of fused-ring (bicyclic) bond motifs is 1. The summed E-state index contributed by atoms with van der Waals surface area (Å²) in [7, 11) is 4.53. The predicted octanol–water partition coefficient (Wildman–Crippen LogP) is 3.46. The smallest absolute Gasteiger partial charge is 0.319 e. The highest BCUT2D eigenvalue weighted by Crippen LogP contribution is 2.39. The molecule has 2 amide bonds. The number of rotatable bonds is 7. The van der Waals surface area contributed by atoms with Gasteiger partial charge in [0.15, 0.2) is 11.5 Å². The number of urea groups is 1. The summed E-state index contributed by atoms with van der Waals surface area (Å²) in [5.41, 5.74) is 1.28. The van der Waals surface area contributed by atoms with Crippen molar-refractivity contribution in [2.24, 2.45) is 0 Å². The van der Waals surface area contributed by atoms with E-state index in [2.05, 4.69) is 27.5 Å². The molecule has 31 heavy (non-hydrogen) atoms. The molecule has 3 rings (SSSR count). The molecule has 0 unspecified atom stereocenters. The number of methoxy groups -OCH3 is 3. The Morgan fingerprint density at radius 2 is 1.71 bits per heavy atom. The molecule has 3 aromatic rings. The second kappa shape index (κ2) is 10.6. The van der Waals surface area contributed by atoms with Gasteiger partial charge in [-0.05, 0) is 12.1 Å². The van der Waals surface area contributed by atoms with Crippen LogP contribution in [0.2, 0.25) is 0 Å². The molecule has 8 heteroatoms. The fourth-order valence-corrected chi connectivity index (χ4v) is 2.87. The number of carbonyl (C=O) groups is 1. The van der Waals surface area contributed by atoms with Crippen LogP contribution >= 0.6 is 0 Å². The highest BCUT2D eigenvalue weighted by Gasteiger charge is 2.14. The van der Waals surface area contributed by atoms with Crippen LogP contribution < -0.4 is 29.6 Å². The van der Waals surface area contributed by atoms with Crippen molar-refractivity contribution < 1.29 is 23.7 Å². The zero-order chi connectivity index (χ0) is 22.1. The summed E-state index contributed by atoms with van der Waals surface area (Å²) in [6, 6.07) is 12.4. The predicted molar refractivity (Wildman–Crippen MR) is 118 cm³/mol. The average Bonchev–Trinajstić information content (AvgIpc) is 2.80. The van der Waals surface area contributed by atoms with Crippen molar-refractivity contribution in [2.75, 3.05) is 39.8 Å². The standard InChI is InChI=1S/C23H23N3O5/c1-28-19-14-17(15-20(29-2)22(19)30-3)26-23(27)25-11-4-5-13-31-18-10-6-8-16-9-7-12-24-21(16)18/h6-10,12,14-15H,11,13H2,1-3H3,(H2,25,26,27). The van der Waals surface area contributed by atoms with Gasteiger partial charge in [0, 0.05) is 23.7 Å². The quantitative estimate of drug-likeness (QED) is 0.568. The van der Waals surface area contributed by atoms with Gasteiger partial charge >= 0.3 is 6.03 Å². The first-order valence-corrected chi connectivity index (χ1v) is 9.43. The summed E-state index contributed by atoms with van der Waals surface area (Å²) in [5.74, 6) is 7.72. The molecular formula is C23H23N3O5. The second-order valence-corrected chi connectivity index (χ2v) is 6.20. The number of carbonyl (C=O) groups excluding carboxylic acids is 1. The van der Waals surface area contributed by atoms with Gasteiger partial charge in [0.2, 0.25) is 5.75 Å². The number of ether oxygens (including phenoxy) is 4. The van der Waals surface area contributed by atoms with Gasteiger partial charge in [-0.15, -0.1) is 0 Å². The van der Waals surface area contributed by atoms with Crippen LogP contribution in [0.3, 0.4) is 0 Å². The number of aromatic nitrogens is 1. The molecule has 0 fully saturated rings. The Labute approximate surface area is 180 Å². The number of anilines is 1. The third kappa shape index (κ3) is 5.48. The topological polar surface area (TPSA) is 90.9 Å². The minimum atomic E-state index is -0.414. The Morgan fingerprint density at radius 1 is 0.968 bits per heavy atom. The fourth-order valence-electron chi connectivity index (χ4n) is 2.87. The molecule has 0 spiro atoms. The second-order valence-electron chi connectivity index (χ2n) is 6.20. The molecule has 1 aromatic heterocycles. The third-order valence-electron chi connectivity index (χ3n) is 4.28. The number of amides is 2. The normalized spacial score (nSPS) is 9.90. The van der Waals surface area contributed by atoms with Crippen LogP contribution in [0.15, 0.2) is 48.7 Å². The summed E-state index contributed by atoms with van der Waals surface area (Å²) >= 11 is 0. The molecule has 2 aromatic carbocycles. The molecule has 0 atom stereocenters. The van der Waals surface area contributed by atoms with E-state index in [0.717, 1.165) is 10.9 Å². The van der Waals surface area contributed by atoms with Crippen LogP contribution in [-0.2, 0) is 0 Å². The van der Waals surface area contributed by atoms with E-state index in [1.165, 1.54) is 21.3 Å². The lowest BCUT2D eigenvalue weighted by Gasteiger charge is -2.14. The molecule has 0 bridgehead atoms. The van der Waals surface area contributed by atoms with Crippen molar-refractivity contribution in [1.82, 2.24) is 10.3 Å². The molecule has 0 radical (unpaired) electrons. The van der Waals surface area contributed by atoms with Gasteiger partial charge in [0.05, 0.1) is 33.6 Å². The van der Waals surface area contributed by atoms with Crippen LogP contribution in [0.1, 0.15) is 0 Å². The molecule has 1 heterocycles. The van der Waals surface area contributed by atoms with E-state index in [9.17, 15) is 4.79 Å². The summed E-state index contributed by atoms with van der Waals surface area (Å²) in [6.45, 7) is 0.346. The van der Waals surface area contributed by atoms with Gasteiger partial charge in [0.1, 0.15) is 17.9 Å². The van der Waals surface area contributed by atoms with Crippen LogP contribution in [0.4, 0.5) is 10.5 Å². The molecule has 0 saturated heterocycles. The SMILES string of the molecule is COc1cc(NC(=O)NCC#CCOc2cccc3cccnc23)cc(OC)c1OC. The fraction of sp³-hybridized carbons (Fsp3) is 0.217. The van der Waals surface area contributed by atoms with Gasteiger partial charge in [-0.25, -0.2) is 4.79 Å². The van der Waals surface area contributed by atoms with Crippen molar-refractivity contribution >= 4 is 22.6 Å². The number of hydrogen-bond donors (Lipinski definition) is 2. The van der Waals surface area contributed by atoms with Gasteiger partial charge in [-0.3, -0.25) is 4.98 Å². The van der Waals surface area contributed by atoms with Gasteiger partial charge in [0.25, 0.3) is 0 Å². The first kappa shape index (κ1) is 21.6. The van der Waals surface area contributed by atoms with Crippen LogP contribution in [0, 0.1) is 11.8 Å². The molecule has 2 N–H and O–H groups in total. The molecule has 0 aliphatic carbocycles. The van der Waals surface area contributed by atoms with Crippen molar-refractivity contribution in [3.63, 3.8) is 0 Å².